The molecule has 1 aromatic rings. The topological polar surface area (TPSA) is 38.3 Å². The number of carbonyl (C=O) groups is 1. The number of nitrogens with one attached hydrogen (secondary N) is 1. The Hall–Kier alpha value is -1.82. The zero-order valence-corrected chi connectivity index (χ0v) is 14.9. The molecule has 1 N–H and O–H groups in total. The molecule has 1 spiro atoms. The molecule has 0 aromatic heterocycles. The third kappa shape index (κ3) is 4.11. The minimum atomic E-state index is -4.35. The Morgan fingerprint density at radius 1 is 1.19 bits per heavy atom. The van der Waals surface area contributed by atoms with Gasteiger partial charge in [0.25, 0.3) is 0 Å². The zero-order valence-electron chi connectivity index (χ0n) is 14.9. The molecule has 6 heteroatoms. The second-order valence-electron chi connectivity index (χ2n) is 7.33. The van der Waals surface area contributed by atoms with Gasteiger partial charge < -0.3 is 10.1 Å². The van der Waals surface area contributed by atoms with Crippen molar-refractivity contribution in [3.05, 3.63) is 41.5 Å². The van der Waals surface area contributed by atoms with E-state index in [1.165, 1.54) is 18.2 Å². The first kappa shape index (κ1) is 19.0. The van der Waals surface area contributed by atoms with Crippen LogP contribution in [0.3, 0.4) is 0 Å². The number of hydrogen-bond donors (Lipinski definition) is 1. The first-order valence-electron chi connectivity index (χ1n) is 9.04. The summed E-state index contributed by atoms with van der Waals surface area (Å²) in [7, 11) is 0. The summed E-state index contributed by atoms with van der Waals surface area (Å²) in [6, 6.07) is 5.03. The summed E-state index contributed by atoms with van der Waals surface area (Å²) >= 11 is 0. The predicted octanol–water partition coefficient (Wildman–Crippen LogP) is 4.57. The lowest BCUT2D eigenvalue weighted by Crippen LogP contribution is -2.46. The van der Waals surface area contributed by atoms with E-state index in [1.54, 1.807) is 6.92 Å². The minimum absolute atomic E-state index is 0.143. The molecule has 1 amide bonds. The fourth-order valence-electron chi connectivity index (χ4n) is 4.16. The van der Waals surface area contributed by atoms with E-state index in [1.807, 2.05) is 0 Å². The Morgan fingerprint density at radius 2 is 1.85 bits per heavy atom. The van der Waals surface area contributed by atoms with Crippen molar-refractivity contribution in [2.75, 3.05) is 13.2 Å². The standard InChI is InChI=1S/C20H24F3NO2/c1-14(15-4-6-16(7-5-15)20(21,22)23)13-18(25)24-17-3-2-8-19(17)9-11-26-12-10-19/h4-7,13,17H,2-3,8-12H2,1H3,(H,24,25)/b14-13+. The molecule has 1 aromatic carbocycles. The van der Waals surface area contributed by atoms with Crippen LogP contribution in [0, 0.1) is 5.41 Å². The van der Waals surface area contributed by atoms with Gasteiger partial charge in [-0.3, -0.25) is 4.79 Å². The number of benzene rings is 1. The third-order valence-electron chi connectivity index (χ3n) is 5.73. The molecule has 3 rings (SSSR count). The smallest absolute Gasteiger partial charge is 0.381 e. The molecular formula is C20H24F3NO2. The summed E-state index contributed by atoms with van der Waals surface area (Å²) in [6.45, 7) is 3.22. The van der Waals surface area contributed by atoms with E-state index in [-0.39, 0.29) is 17.4 Å². The van der Waals surface area contributed by atoms with Gasteiger partial charge in [-0.05, 0) is 61.3 Å². The Bertz CT molecular complexity index is 673. The second kappa shape index (κ2) is 7.43. The van der Waals surface area contributed by atoms with Crippen molar-refractivity contribution in [1.82, 2.24) is 5.32 Å². The van der Waals surface area contributed by atoms with Crippen LogP contribution >= 0.6 is 0 Å². The molecule has 0 radical (unpaired) electrons. The number of amides is 1. The lowest BCUT2D eigenvalue weighted by atomic mass is 9.75. The number of halogens is 3. The van der Waals surface area contributed by atoms with Crippen LogP contribution in [0.4, 0.5) is 13.2 Å². The molecule has 1 heterocycles. The van der Waals surface area contributed by atoms with Crippen LogP contribution in [0.5, 0.6) is 0 Å². The molecule has 26 heavy (non-hydrogen) atoms. The van der Waals surface area contributed by atoms with Gasteiger partial charge in [-0.1, -0.05) is 18.6 Å². The Kier molecular flexibility index (Phi) is 5.42. The second-order valence-corrected chi connectivity index (χ2v) is 7.33. The first-order valence-corrected chi connectivity index (χ1v) is 9.04. The van der Waals surface area contributed by atoms with Gasteiger partial charge in [-0.2, -0.15) is 13.2 Å². The highest BCUT2D eigenvalue weighted by atomic mass is 19.4. The van der Waals surface area contributed by atoms with Gasteiger partial charge in [-0.25, -0.2) is 0 Å². The molecule has 3 nitrogen and oxygen atoms in total. The maximum Gasteiger partial charge on any atom is 0.416 e. The maximum absolute atomic E-state index is 12.6. The highest BCUT2D eigenvalue weighted by Gasteiger charge is 2.44. The monoisotopic (exact) mass is 367 g/mol. The number of allylic oxidation sites excluding steroid dienone is 1. The molecule has 1 aliphatic heterocycles. The Labute approximate surface area is 151 Å². The largest absolute Gasteiger partial charge is 0.416 e. The molecule has 142 valence electrons. The highest BCUT2D eigenvalue weighted by Crippen LogP contribution is 2.46. The predicted molar refractivity (Wildman–Crippen MR) is 93.4 cm³/mol. The van der Waals surface area contributed by atoms with E-state index in [4.69, 9.17) is 4.74 Å². The zero-order chi connectivity index (χ0) is 18.8. The fraction of sp³-hybridized carbons (Fsp3) is 0.550. The van der Waals surface area contributed by atoms with E-state index in [0.717, 1.165) is 57.5 Å². The van der Waals surface area contributed by atoms with Gasteiger partial charge in [0.1, 0.15) is 0 Å². The lowest BCUT2D eigenvalue weighted by Gasteiger charge is -2.39. The highest BCUT2D eigenvalue weighted by molar-refractivity contribution is 5.95. The molecule has 1 atom stereocenters. The summed E-state index contributed by atoms with van der Waals surface area (Å²) < 4.78 is 43.4. The lowest BCUT2D eigenvalue weighted by molar-refractivity contribution is -0.137. The van der Waals surface area contributed by atoms with E-state index in [9.17, 15) is 18.0 Å². The molecular weight excluding hydrogens is 343 g/mol. The van der Waals surface area contributed by atoms with Crippen LogP contribution < -0.4 is 5.32 Å². The van der Waals surface area contributed by atoms with Crippen LogP contribution in [0.2, 0.25) is 0 Å². The number of hydrogen-bond acceptors (Lipinski definition) is 2. The molecule has 2 aliphatic rings. The van der Waals surface area contributed by atoms with Crippen LogP contribution in [0.15, 0.2) is 30.3 Å². The van der Waals surface area contributed by atoms with E-state index in [2.05, 4.69) is 5.32 Å². The summed E-state index contributed by atoms with van der Waals surface area (Å²) in [5.41, 5.74) is 0.714. The van der Waals surface area contributed by atoms with Crippen molar-refractivity contribution in [2.24, 2.45) is 5.41 Å². The molecule has 1 unspecified atom stereocenters. The molecule has 0 bridgehead atoms. The van der Waals surface area contributed by atoms with Crippen LogP contribution in [0.1, 0.15) is 50.2 Å². The molecule has 1 aliphatic carbocycles. The molecule has 2 fully saturated rings. The van der Waals surface area contributed by atoms with Gasteiger partial charge >= 0.3 is 6.18 Å². The van der Waals surface area contributed by atoms with Crippen LogP contribution in [0.25, 0.3) is 5.57 Å². The van der Waals surface area contributed by atoms with Gasteiger partial charge in [-0.15, -0.1) is 0 Å². The van der Waals surface area contributed by atoms with Crippen LogP contribution in [-0.4, -0.2) is 25.2 Å². The van der Waals surface area contributed by atoms with Crippen molar-refractivity contribution in [3.63, 3.8) is 0 Å². The number of ether oxygens (including phenoxy) is 1. The van der Waals surface area contributed by atoms with Gasteiger partial charge in [0.05, 0.1) is 5.56 Å². The van der Waals surface area contributed by atoms with Crippen molar-refractivity contribution < 1.29 is 22.7 Å². The van der Waals surface area contributed by atoms with Crippen LogP contribution in [-0.2, 0) is 15.7 Å². The molecule has 1 saturated heterocycles. The van der Waals surface area contributed by atoms with E-state index >= 15 is 0 Å². The first-order chi connectivity index (χ1) is 12.3. The summed E-state index contributed by atoms with van der Waals surface area (Å²) in [5.74, 6) is -0.180. The van der Waals surface area contributed by atoms with Crippen molar-refractivity contribution >= 4 is 11.5 Å². The normalized spacial score (nSPS) is 23.2. The van der Waals surface area contributed by atoms with E-state index < -0.39 is 11.7 Å². The Balaban J connectivity index is 1.66. The third-order valence-corrected chi connectivity index (χ3v) is 5.73. The molecule has 1 saturated carbocycles. The maximum atomic E-state index is 12.6. The Morgan fingerprint density at radius 3 is 2.46 bits per heavy atom. The number of carbonyl (C=O) groups excluding carboxylic acids is 1. The van der Waals surface area contributed by atoms with Crippen molar-refractivity contribution in [3.8, 4) is 0 Å². The average molecular weight is 367 g/mol. The van der Waals surface area contributed by atoms with Gasteiger partial charge in [0, 0.05) is 25.3 Å². The minimum Gasteiger partial charge on any atom is -0.381 e. The van der Waals surface area contributed by atoms with Gasteiger partial charge in [0.15, 0.2) is 0 Å². The summed E-state index contributed by atoms with van der Waals surface area (Å²) in [6.07, 6.45) is 2.26. The van der Waals surface area contributed by atoms with Crippen molar-refractivity contribution in [1.29, 1.82) is 0 Å². The van der Waals surface area contributed by atoms with E-state index in [0.29, 0.717) is 11.1 Å². The SMILES string of the molecule is C/C(=C\C(=O)NC1CCCC12CCOCC2)c1ccc(C(F)(F)F)cc1. The quantitative estimate of drug-likeness (QED) is 0.795. The summed E-state index contributed by atoms with van der Waals surface area (Å²) in [5, 5.41) is 3.12. The van der Waals surface area contributed by atoms with Crippen molar-refractivity contribution in [2.45, 2.75) is 51.2 Å². The average Bonchev–Trinajstić information content (AvgIpc) is 2.96. The van der Waals surface area contributed by atoms with Gasteiger partial charge in [0.2, 0.25) is 5.91 Å². The summed E-state index contributed by atoms with van der Waals surface area (Å²) in [4.78, 5) is 12.4. The number of rotatable bonds is 3. The number of alkyl halides is 3. The fourth-order valence-corrected chi connectivity index (χ4v) is 4.16.